The van der Waals surface area contributed by atoms with E-state index in [0.717, 1.165) is 5.69 Å². The second-order valence-corrected chi connectivity index (χ2v) is 4.90. The summed E-state index contributed by atoms with van der Waals surface area (Å²) in [6.07, 6.45) is -1.48. The number of nitrogens with zero attached hydrogens (tertiary/aromatic N) is 2. The molecule has 0 saturated carbocycles. The van der Waals surface area contributed by atoms with Crippen LogP contribution in [0.15, 0.2) is 12.3 Å². The van der Waals surface area contributed by atoms with Gasteiger partial charge in [-0.15, -0.1) is 0 Å². The molecule has 116 valence electrons. The number of ether oxygens (including phenoxy) is 1. The van der Waals surface area contributed by atoms with Crippen LogP contribution in [-0.4, -0.2) is 35.2 Å². The summed E-state index contributed by atoms with van der Waals surface area (Å²) in [6.45, 7) is 2.80. The van der Waals surface area contributed by atoms with Gasteiger partial charge in [0.15, 0.2) is 0 Å². The predicted molar refractivity (Wildman–Crippen MR) is 68.9 cm³/mol. The normalized spacial score (nSPS) is 13.9. The lowest BCUT2D eigenvalue weighted by Gasteiger charge is -2.15. The number of halogens is 3. The van der Waals surface area contributed by atoms with E-state index in [1.807, 2.05) is 30.8 Å². The number of hydrazine groups is 1. The van der Waals surface area contributed by atoms with E-state index in [0.29, 0.717) is 12.8 Å². The van der Waals surface area contributed by atoms with Crippen molar-refractivity contribution >= 4 is 0 Å². The maximum absolute atomic E-state index is 11.9. The summed E-state index contributed by atoms with van der Waals surface area (Å²) in [5.41, 5.74) is 3.42. The summed E-state index contributed by atoms with van der Waals surface area (Å²) in [5, 5.41) is 4.37. The summed E-state index contributed by atoms with van der Waals surface area (Å²) in [5.74, 6) is 5.39. The average molecular weight is 294 g/mol. The maximum atomic E-state index is 11.9. The van der Waals surface area contributed by atoms with Crippen molar-refractivity contribution < 1.29 is 17.9 Å². The Morgan fingerprint density at radius 1 is 1.45 bits per heavy atom. The molecule has 20 heavy (non-hydrogen) atoms. The van der Waals surface area contributed by atoms with Gasteiger partial charge < -0.3 is 4.74 Å². The van der Waals surface area contributed by atoms with Gasteiger partial charge in [-0.25, -0.2) is 0 Å². The molecule has 0 aliphatic heterocycles. The van der Waals surface area contributed by atoms with Crippen molar-refractivity contribution in [2.24, 2.45) is 5.84 Å². The van der Waals surface area contributed by atoms with Gasteiger partial charge in [0, 0.05) is 31.3 Å². The average Bonchev–Trinajstić information content (AvgIpc) is 2.80. The van der Waals surface area contributed by atoms with E-state index in [4.69, 9.17) is 5.84 Å². The third kappa shape index (κ3) is 6.36. The van der Waals surface area contributed by atoms with E-state index in [-0.39, 0.29) is 18.7 Å². The summed E-state index contributed by atoms with van der Waals surface area (Å²) in [6, 6.07) is 1.97. The molecule has 5 nitrogen and oxygen atoms in total. The fourth-order valence-electron chi connectivity index (χ4n) is 1.68. The molecular formula is C12H21F3N4O. The zero-order valence-electron chi connectivity index (χ0n) is 11.7. The highest BCUT2D eigenvalue weighted by Gasteiger charge is 2.27. The van der Waals surface area contributed by atoms with Gasteiger partial charge in [0.2, 0.25) is 0 Å². The van der Waals surface area contributed by atoms with E-state index >= 15 is 0 Å². The largest absolute Gasteiger partial charge is 0.411 e. The zero-order valence-corrected chi connectivity index (χ0v) is 11.7. The highest BCUT2D eigenvalue weighted by Crippen LogP contribution is 2.15. The molecule has 1 aromatic rings. The van der Waals surface area contributed by atoms with E-state index < -0.39 is 12.8 Å². The van der Waals surface area contributed by atoms with Crippen LogP contribution >= 0.6 is 0 Å². The van der Waals surface area contributed by atoms with Gasteiger partial charge in [0.25, 0.3) is 0 Å². The molecule has 0 aliphatic carbocycles. The fourth-order valence-corrected chi connectivity index (χ4v) is 1.68. The van der Waals surface area contributed by atoms with Crippen LogP contribution in [0.4, 0.5) is 13.2 Å². The summed E-state index contributed by atoms with van der Waals surface area (Å²) >= 11 is 0. The Balaban J connectivity index is 2.35. The monoisotopic (exact) mass is 294 g/mol. The third-order valence-electron chi connectivity index (χ3n) is 2.76. The highest BCUT2D eigenvalue weighted by atomic mass is 19.4. The fraction of sp³-hybridized carbons (Fsp3) is 0.750. The molecule has 0 spiro atoms. The highest BCUT2D eigenvalue weighted by molar-refractivity contribution is 5.02. The standard InChI is InChI=1S/C12H21F3N4O/c1-9(2)19-5-3-11(18-19)7-10(17-16)4-6-20-8-12(13,14)15/h3,5,9-10,17H,4,6-8,16H2,1-2H3. The second kappa shape index (κ2) is 7.61. The molecule has 0 saturated heterocycles. The lowest BCUT2D eigenvalue weighted by molar-refractivity contribution is -0.174. The van der Waals surface area contributed by atoms with Crippen molar-refractivity contribution in [3.8, 4) is 0 Å². The Bertz CT molecular complexity index is 392. The molecule has 0 amide bonds. The Morgan fingerprint density at radius 3 is 2.65 bits per heavy atom. The number of nitrogens with two attached hydrogens (primary N) is 1. The first-order valence-electron chi connectivity index (χ1n) is 6.46. The number of hydrogen-bond donors (Lipinski definition) is 2. The van der Waals surface area contributed by atoms with Gasteiger partial charge in [0.1, 0.15) is 6.61 Å². The number of alkyl halides is 3. The van der Waals surface area contributed by atoms with Crippen molar-refractivity contribution in [3.63, 3.8) is 0 Å². The van der Waals surface area contributed by atoms with Crippen LogP contribution in [0, 0.1) is 0 Å². The SMILES string of the molecule is CC(C)n1ccc(CC(CCOCC(F)(F)F)NN)n1. The first-order chi connectivity index (χ1) is 9.31. The summed E-state index contributed by atoms with van der Waals surface area (Å²) in [4.78, 5) is 0. The Kier molecular flexibility index (Phi) is 6.44. The Morgan fingerprint density at radius 2 is 2.15 bits per heavy atom. The predicted octanol–water partition coefficient (Wildman–Crippen LogP) is 1.81. The molecule has 0 aliphatic rings. The molecule has 1 heterocycles. The van der Waals surface area contributed by atoms with Gasteiger partial charge in [0.05, 0.1) is 5.69 Å². The van der Waals surface area contributed by atoms with Crippen LogP contribution in [0.2, 0.25) is 0 Å². The lowest BCUT2D eigenvalue weighted by atomic mass is 10.1. The molecule has 3 N–H and O–H groups in total. The molecule has 0 aromatic carbocycles. The Hall–Kier alpha value is -1.12. The van der Waals surface area contributed by atoms with Crippen LogP contribution in [-0.2, 0) is 11.2 Å². The van der Waals surface area contributed by atoms with Gasteiger partial charge in [-0.3, -0.25) is 16.0 Å². The smallest absolute Gasteiger partial charge is 0.372 e. The lowest BCUT2D eigenvalue weighted by Crippen LogP contribution is -2.38. The molecule has 1 rings (SSSR count). The minimum absolute atomic E-state index is 0.000728. The van der Waals surface area contributed by atoms with Crippen molar-refractivity contribution in [3.05, 3.63) is 18.0 Å². The number of rotatable bonds is 8. The molecule has 0 fully saturated rings. The van der Waals surface area contributed by atoms with Crippen LogP contribution < -0.4 is 11.3 Å². The minimum atomic E-state index is -4.29. The summed E-state index contributed by atoms with van der Waals surface area (Å²) in [7, 11) is 0. The van der Waals surface area contributed by atoms with Crippen molar-refractivity contribution in [1.82, 2.24) is 15.2 Å². The maximum Gasteiger partial charge on any atom is 0.411 e. The van der Waals surface area contributed by atoms with Crippen LogP contribution in [0.3, 0.4) is 0 Å². The van der Waals surface area contributed by atoms with Gasteiger partial charge >= 0.3 is 6.18 Å². The van der Waals surface area contributed by atoms with Gasteiger partial charge in [-0.05, 0) is 26.3 Å². The van der Waals surface area contributed by atoms with Crippen molar-refractivity contribution in [2.45, 2.75) is 44.9 Å². The van der Waals surface area contributed by atoms with Crippen LogP contribution in [0.5, 0.6) is 0 Å². The van der Waals surface area contributed by atoms with Crippen LogP contribution in [0.25, 0.3) is 0 Å². The van der Waals surface area contributed by atoms with Gasteiger partial charge in [-0.1, -0.05) is 0 Å². The quantitative estimate of drug-likeness (QED) is 0.436. The van der Waals surface area contributed by atoms with Crippen molar-refractivity contribution in [1.29, 1.82) is 0 Å². The summed E-state index contributed by atoms with van der Waals surface area (Å²) < 4.78 is 42.1. The van der Waals surface area contributed by atoms with Gasteiger partial charge in [-0.2, -0.15) is 18.3 Å². The topological polar surface area (TPSA) is 65.1 Å². The molecule has 1 aromatic heterocycles. The first kappa shape index (κ1) is 16.9. The molecule has 0 radical (unpaired) electrons. The van der Waals surface area contributed by atoms with E-state index in [2.05, 4.69) is 15.3 Å². The van der Waals surface area contributed by atoms with Crippen molar-refractivity contribution in [2.75, 3.05) is 13.2 Å². The Labute approximate surface area is 116 Å². The minimum Gasteiger partial charge on any atom is -0.372 e. The number of aromatic nitrogens is 2. The number of nitrogens with one attached hydrogen (secondary N) is 1. The molecular weight excluding hydrogens is 273 g/mol. The van der Waals surface area contributed by atoms with E-state index in [9.17, 15) is 13.2 Å². The zero-order chi connectivity index (χ0) is 15.2. The number of hydrogen-bond acceptors (Lipinski definition) is 4. The molecule has 8 heteroatoms. The first-order valence-corrected chi connectivity index (χ1v) is 6.46. The van der Waals surface area contributed by atoms with E-state index in [1.54, 1.807) is 0 Å². The second-order valence-electron chi connectivity index (χ2n) is 4.90. The third-order valence-corrected chi connectivity index (χ3v) is 2.76. The van der Waals surface area contributed by atoms with E-state index in [1.165, 1.54) is 0 Å². The van der Waals surface area contributed by atoms with Crippen LogP contribution in [0.1, 0.15) is 32.0 Å². The molecule has 1 atom stereocenters. The molecule has 1 unspecified atom stereocenters. The molecule has 0 bridgehead atoms.